The molecular formula is C48H30O. The number of fused-ring (bicyclic) bond motifs is 6. The minimum absolute atomic E-state index is 0.899. The molecule has 1 nitrogen and oxygen atoms in total. The highest BCUT2D eigenvalue weighted by Gasteiger charge is 2.23. The van der Waals surface area contributed by atoms with Crippen molar-refractivity contribution in [3.63, 3.8) is 0 Å². The third-order valence-corrected chi connectivity index (χ3v) is 10.1. The van der Waals surface area contributed by atoms with Crippen molar-refractivity contribution < 1.29 is 4.42 Å². The number of furan rings is 1. The van der Waals surface area contributed by atoms with E-state index in [0.29, 0.717) is 0 Å². The van der Waals surface area contributed by atoms with Gasteiger partial charge in [-0.05, 0) is 95.0 Å². The number of benzene rings is 9. The van der Waals surface area contributed by atoms with Gasteiger partial charge in [0.25, 0.3) is 0 Å². The minimum atomic E-state index is 0.899. The van der Waals surface area contributed by atoms with Gasteiger partial charge in [-0.2, -0.15) is 0 Å². The molecule has 0 saturated carbocycles. The monoisotopic (exact) mass is 622 g/mol. The fourth-order valence-corrected chi connectivity index (χ4v) is 7.96. The standard InChI is InChI=1S/C48H30O/c1-2-15-32(16-3-1)35-23-12-24-41(38-25-13-27-44-46(38)42-22-10-11-26-43(42)49-44)47(35)48-39-20-8-6-18-36(39)45(37-19-7-9-21-40(37)48)34-29-28-31-14-4-5-17-33(31)30-34/h1-30H. The zero-order valence-corrected chi connectivity index (χ0v) is 26.7. The van der Waals surface area contributed by atoms with E-state index < -0.39 is 0 Å². The molecule has 0 N–H and O–H groups in total. The lowest BCUT2D eigenvalue weighted by atomic mass is 9.80. The van der Waals surface area contributed by atoms with Gasteiger partial charge in [0.1, 0.15) is 11.2 Å². The first kappa shape index (κ1) is 27.7. The summed E-state index contributed by atoms with van der Waals surface area (Å²) >= 11 is 0. The van der Waals surface area contributed by atoms with Crippen molar-refractivity contribution in [2.24, 2.45) is 0 Å². The molecule has 9 aromatic carbocycles. The van der Waals surface area contributed by atoms with Gasteiger partial charge >= 0.3 is 0 Å². The highest BCUT2D eigenvalue weighted by molar-refractivity contribution is 6.25. The molecule has 0 aliphatic carbocycles. The summed E-state index contributed by atoms with van der Waals surface area (Å²) in [6.07, 6.45) is 0. The van der Waals surface area contributed by atoms with Crippen molar-refractivity contribution in [1.82, 2.24) is 0 Å². The van der Waals surface area contributed by atoms with Crippen molar-refractivity contribution in [2.75, 3.05) is 0 Å². The van der Waals surface area contributed by atoms with Crippen LogP contribution in [-0.4, -0.2) is 0 Å². The average molecular weight is 623 g/mol. The molecule has 0 atom stereocenters. The Bertz CT molecular complexity index is 2820. The second-order valence-corrected chi connectivity index (χ2v) is 12.8. The fraction of sp³-hybridized carbons (Fsp3) is 0. The van der Waals surface area contributed by atoms with Crippen molar-refractivity contribution >= 4 is 54.3 Å². The highest BCUT2D eigenvalue weighted by atomic mass is 16.3. The van der Waals surface area contributed by atoms with Gasteiger partial charge in [-0.1, -0.05) is 164 Å². The number of hydrogen-bond donors (Lipinski definition) is 0. The van der Waals surface area contributed by atoms with Crippen LogP contribution in [0.1, 0.15) is 0 Å². The molecule has 0 amide bonds. The van der Waals surface area contributed by atoms with Gasteiger partial charge in [-0.3, -0.25) is 0 Å². The maximum absolute atomic E-state index is 6.41. The molecule has 0 bridgehead atoms. The molecule has 0 aliphatic heterocycles. The molecule has 0 spiro atoms. The summed E-state index contributed by atoms with van der Waals surface area (Å²) in [5, 5.41) is 9.72. The third kappa shape index (κ3) is 4.33. The van der Waals surface area contributed by atoms with Crippen LogP contribution in [0.25, 0.3) is 98.8 Å². The van der Waals surface area contributed by atoms with Crippen molar-refractivity contribution in [3.8, 4) is 44.5 Å². The Balaban J connectivity index is 1.37. The van der Waals surface area contributed by atoms with E-state index in [0.717, 1.165) is 21.9 Å². The zero-order valence-electron chi connectivity index (χ0n) is 26.7. The van der Waals surface area contributed by atoms with Crippen LogP contribution >= 0.6 is 0 Å². The average Bonchev–Trinajstić information content (AvgIpc) is 3.56. The summed E-state index contributed by atoms with van der Waals surface area (Å²) in [5.74, 6) is 0. The second-order valence-electron chi connectivity index (χ2n) is 12.8. The van der Waals surface area contributed by atoms with Gasteiger partial charge in [-0.25, -0.2) is 0 Å². The van der Waals surface area contributed by atoms with E-state index in [4.69, 9.17) is 4.42 Å². The van der Waals surface area contributed by atoms with E-state index in [1.165, 1.54) is 76.8 Å². The lowest BCUT2D eigenvalue weighted by molar-refractivity contribution is 0.669. The van der Waals surface area contributed by atoms with E-state index >= 15 is 0 Å². The first-order valence-electron chi connectivity index (χ1n) is 16.9. The van der Waals surface area contributed by atoms with Gasteiger partial charge in [0.2, 0.25) is 0 Å². The molecule has 1 aromatic heterocycles. The van der Waals surface area contributed by atoms with Crippen LogP contribution in [0.15, 0.2) is 186 Å². The van der Waals surface area contributed by atoms with Gasteiger partial charge in [0.15, 0.2) is 0 Å². The summed E-state index contributed by atoms with van der Waals surface area (Å²) in [6, 6.07) is 65.8. The molecular weight excluding hydrogens is 593 g/mol. The van der Waals surface area contributed by atoms with Crippen LogP contribution in [0, 0.1) is 0 Å². The topological polar surface area (TPSA) is 13.1 Å². The largest absolute Gasteiger partial charge is 0.456 e. The van der Waals surface area contributed by atoms with Crippen LogP contribution in [0.2, 0.25) is 0 Å². The predicted molar refractivity (Wildman–Crippen MR) is 208 cm³/mol. The third-order valence-electron chi connectivity index (χ3n) is 10.1. The zero-order chi connectivity index (χ0) is 32.3. The molecule has 49 heavy (non-hydrogen) atoms. The molecule has 0 unspecified atom stereocenters. The minimum Gasteiger partial charge on any atom is -0.456 e. The molecule has 10 rings (SSSR count). The van der Waals surface area contributed by atoms with Crippen molar-refractivity contribution in [3.05, 3.63) is 182 Å². The summed E-state index contributed by atoms with van der Waals surface area (Å²) in [4.78, 5) is 0. The van der Waals surface area contributed by atoms with Gasteiger partial charge in [-0.15, -0.1) is 0 Å². The molecule has 0 fully saturated rings. The maximum atomic E-state index is 6.41. The smallest absolute Gasteiger partial charge is 0.136 e. The summed E-state index contributed by atoms with van der Waals surface area (Å²) in [7, 11) is 0. The van der Waals surface area contributed by atoms with Crippen LogP contribution in [0.3, 0.4) is 0 Å². The summed E-state index contributed by atoms with van der Waals surface area (Å²) in [5.41, 5.74) is 11.5. The Morgan fingerprint density at radius 2 is 0.837 bits per heavy atom. The molecule has 1 heteroatoms. The van der Waals surface area contributed by atoms with Gasteiger partial charge < -0.3 is 4.42 Å². The van der Waals surface area contributed by atoms with Gasteiger partial charge in [0, 0.05) is 10.8 Å². The second kappa shape index (κ2) is 11.1. The molecule has 10 aromatic rings. The number of hydrogen-bond acceptors (Lipinski definition) is 1. The van der Waals surface area contributed by atoms with E-state index in [1.807, 2.05) is 6.07 Å². The normalized spacial score (nSPS) is 11.7. The first-order chi connectivity index (χ1) is 24.3. The Morgan fingerprint density at radius 1 is 0.286 bits per heavy atom. The first-order valence-corrected chi connectivity index (χ1v) is 16.9. The van der Waals surface area contributed by atoms with Crippen LogP contribution in [0.5, 0.6) is 0 Å². The number of para-hydroxylation sites is 1. The fourth-order valence-electron chi connectivity index (χ4n) is 7.96. The Morgan fingerprint density at radius 3 is 1.59 bits per heavy atom. The number of rotatable bonds is 4. The van der Waals surface area contributed by atoms with Crippen LogP contribution < -0.4 is 0 Å². The Kier molecular flexibility index (Phi) is 6.25. The Hall–Kier alpha value is -6.44. The molecule has 0 radical (unpaired) electrons. The van der Waals surface area contributed by atoms with Crippen molar-refractivity contribution in [2.45, 2.75) is 0 Å². The summed E-state index contributed by atoms with van der Waals surface area (Å²) in [6.45, 7) is 0. The molecule has 0 aliphatic rings. The van der Waals surface area contributed by atoms with E-state index in [9.17, 15) is 0 Å². The van der Waals surface area contributed by atoms with Crippen LogP contribution in [0.4, 0.5) is 0 Å². The quantitative estimate of drug-likeness (QED) is 0.178. The van der Waals surface area contributed by atoms with E-state index in [-0.39, 0.29) is 0 Å². The highest BCUT2D eigenvalue weighted by Crippen LogP contribution is 2.50. The molecule has 228 valence electrons. The Labute approximate surface area is 284 Å². The molecule has 0 saturated heterocycles. The van der Waals surface area contributed by atoms with Crippen molar-refractivity contribution in [1.29, 1.82) is 0 Å². The summed E-state index contributed by atoms with van der Waals surface area (Å²) < 4.78 is 6.41. The SMILES string of the molecule is c1ccc(-c2cccc(-c3cccc4oc5ccccc5c34)c2-c2c3ccccc3c(-c3ccc4ccccc4c3)c3ccccc23)cc1. The van der Waals surface area contributed by atoms with E-state index in [1.54, 1.807) is 0 Å². The molecule has 1 heterocycles. The lowest BCUT2D eigenvalue weighted by Gasteiger charge is -2.22. The maximum Gasteiger partial charge on any atom is 0.136 e. The van der Waals surface area contributed by atoms with Gasteiger partial charge in [0.05, 0.1) is 0 Å². The predicted octanol–water partition coefficient (Wildman–Crippen LogP) is 13.7. The van der Waals surface area contributed by atoms with Crippen LogP contribution in [-0.2, 0) is 0 Å². The van der Waals surface area contributed by atoms with E-state index in [2.05, 4.69) is 176 Å². The lowest BCUT2D eigenvalue weighted by Crippen LogP contribution is -1.95.